The van der Waals surface area contributed by atoms with Crippen molar-refractivity contribution >= 4 is 0 Å². The molecule has 1 aromatic rings. The van der Waals surface area contributed by atoms with Crippen molar-refractivity contribution in [2.24, 2.45) is 17.3 Å². The summed E-state index contributed by atoms with van der Waals surface area (Å²) in [5.74, 6) is 1.04. The van der Waals surface area contributed by atoms with E-state index >= 15 is 0 Å². The Kier molecular flexibility index (Phi) is 2.36. The third-order valence-corrected chi connectivity index (χ3v) is 7.08. The van der Waals surface area contributed by atoms with E-state index in [9.17, 15) is 5.11 Å². The van der Waals surface area contributed by atoms with Crippen LogP contribution in [0.15, 0.2) is 36.4 Å². The molecule has 4 aliphatic carbocycles. The first-order valence-corrected chi connectivity index (χ1v) is 8.41. The van der Waals surface area contributed by atoms with Gasteiger partial charge in [0.15, 0.2) is 0 Å². The number of nitrogens with one attached hydrogen (secondary N) is 1. The molecular weight excluding hydrogens is 258 g/mol. The van der Waals surface area contributed by atoms with E-state index in [-0.39, 0.29) is 5.41 Å². The molecule has 4 bridgehead atoms. The zero-order valence-electron chi connectivity index (χ0n) is 12.4. The Balaban J connectivity index is 1.76. The van der Waals surface area contributed by atoms with Crippen LogP contribution in [0.2, 0.25) is 0 Å². The first-order chi connectivity index (χ1) is 10.3. The molecule has 5 atom stereocenters. The average molecular weight is 281 g/mol. The Bertz CT molecular complexity index is 624. The van der Waals surface area contributed by atoms with E-state index in [1.54, 1.807) is 11.1 Å². The fourth-order valence-electron chi connectivity index (χ4n) is 6.19. The van der Waals surface area contributed by atoms with E-state index in [2.05, 4.69) is 41.7 Å². The van der Waals surface area contributed by atoms with Crippen LogP contribution in [0, 0.1) is 17.3 Å². The van der Waals surface area contributed by atoms with Crippen molar-refractivity contribution in [1.82, 2.24) is 5.32 Å². The van der Waals surface area contributed by atoms with E-state index in [4.69, 9.17) is 0 Å². The predicted molar refractivity (Wildman–Crippen MR) is 83.1 cm³/mol. The Hall–Kier alpha value is -1.12. The van der Waals surface area contributed by atoms with Gasteiger partial charge in [-0.15, -0.1) is 0 Å². The molecule has 1 saturated heterocycles. The van der Waals surface area contributed by atoms with Crippen LogP contribution in [0.5, 0.6) is 0 Å². The third-order valence-electron chi connectivity index (χ3n) is 7.08. The van der Waals surface area contributed by atoms with Gasteiger partial charge in [0.1, 0.15) is 0 Å². The third kappa shape index (κ3) is 1.32. The maximum Gasteiger partial charge on any atom is 0.0465 e. The van der Waals surface area contributed by atoms with E-state index in [0.29, 0.717) is 29.9 Å². The van der Waals surface area contributed by atoms with Crippen molar-refractivity contribution in [1.29, 1.82) is 0 Å². The Morgan fingerprint density at radius 3 is 3.05 bits per heavy atom. The maximum atomic E-state index is 9.80. The summed E-state index contributed by atoms with van der Waals surface area (Å²) in [7, 11) is 0. The minimum atomic E-state index is 0.238. The Morgan fingerprint density at radius 1 is 1.24 bits per heavy atom. The molecule has 2 heteroatoms. The first-order valence-electron chi connectivity index (χ1n) is 8.41. The highest BCUT2D eigenvalue weighted by Gasteiger charge is 2.65. The molecule has 21 heavy (non-hydrogen) atoms. The lowest BCUT2D eigenvalue weighted by Crippen LogP contribution is -2.69. The molecule has 5 aliphatic rings. The molecule has 1 aromatic carbocycles. The lowest BCUT2D eigenvalue weighted by Gasteiger charge is -2.67. The van der Waals surface area contributed by atoms with Gasteiger partial charge < -0.3 is 10.4 Å². The summed E-state index contributed by atoms with van der Waals surface area (Å²) in [4.78, 5) is 0. The normalized spacial score (nSPS) is 46.0. The lowest BCUT2D eigenvalue weighted by atomic mass is 9.39. The summed E-state index contributed by atoms with van der Waals surface area (Å²) >= 11 is 0. The molecule has 2 nitrogen and oxygen atoms in total. The van der Waals surface area contributed by atoms with Crippen molar-refractivity contribution in [2.75, 3.05) is 13.2 Å². The summed E-state index contributed by atoms with van der Waals surface area (Å²) in [6.45, 7) is 1.49. The van der Waals surface area contributed by atoms with Gasteiger partial charge in [-0.3, -0.25) is 0 Å². The van der Waals surface area contributed by atoms with Crippen molar-refractivity contribution in [3.05, 3.63) is 47.5 Å². The summed E-state index contributed by atoms with van der Waals surface area (Å²) in [6, 6.07) is 9.68. The highest BCUT2D eigenvalue weighted by Crippen LogP contribution is 2.66. The van der Waals surface area contributed by atoms with Crippen LogP contribution in [0.3, 0.4) is 0 Å². The number of hydrogen-bond donors (Lipinski definition) is 2. The molecule has 1 spiro atoms. The minimum Gasteiger partial charge on any atom is -0.396 e. The molecule has 2 fully saturated rings. The van der Waals surface area contributed by atoms with E-state index < -0.39 is 0 Å². The quantitative estimate of drug-likeness (QED) is 0.775. The lowest BCUT2D eigenvalue weighted by molar-refractivity contribution is -0.0549. The standard InChI is InChI=1S/C19H23NO/c21-12-15-11-19-6-5-14(15)10-18(19)7-8-20-17(19)9-13-3-1-2-4-16(13)18/h1-6,14-15,17,20-21H,7-12H2/t14?,15?,17-,18-,19-/m1/s1. The number of allylic oxidation sites excluding steroid dienone is 1. The predicted octanol–water partition coefficient (Wildman–Crippen LogP) is 2.42. The molecule has 6 rings (SSSR count). The summed E-state index contributed by atoms with van der Waals surface area (Å²) < 4.78 is 0. The van der Waals surface area contributed by atoms with Crippen LogP contribution in [-0.2, 0) is 11.8 Å². The molecule has 1 heterocycles. The van der Waals surface area contributed by atoms with E-state index in [1.165, 1.54) is 12.8 Å². The monoisotopic (exact) mass is 281 g/mol. The fourth-order valence-corrected chi connectivity index (χ4v) is 6.19. The summed E-state index contributed by atoms with van der Waals surface area (Å²) in [5.41, 5.74) is 3.74. The number of aliphatic hydroxyl groups is 1. The minimum absolute atomic E-state index is 0.238. The molecule has 0 amide bonds. The molecule has 0 radical (unpaired) electrons. The van der Waals surface area contributed by atoms with Gasteiger partial charge >= 0.3 is 0 Å². The second kappa shape index (κ2) is 3.99. The number of piperidine rings is 1. The molecular formula is C19H23NO. The number of rotatable bonds is 1. The van der Waals surface area contributed by atoms with Crippen LogP contribution in [-0.4, -0.2) is 24.3 Å². The first kappa shape index (κ1) is 12.4. The number of aliphatic hydroxyl groups excluding tert-OH is 1. The van der Waals surface area contributed by atoms with Gasteiger partial charge in [0.25, 0.3) is 0 Å². The van der Waals surface area contributed by atoms with Gasteiger partial charge in [0.2, 0.25) is 0 Å². The van der Waals surface area contributed by atoms with Gasteiger partial charge in [0.05, 0.1) is 0 Å². The largest absolute Gasteiger partial charge is 0.396 e. The van der Waals surface area contributed by atoms with Crippen LogP contribution in [0.25, 0.3) is 0 Å². The molecule has 110 valence electrons. The molecule has 1 aliphatic heterocycles. The maximum absolute atomic E-state index is 9.80. The molecule has 2 N–H and O–H groups in total. The van der Waals surface area contributed by atoms with Gasteiger partial charge in [0, 0.05) is 23.5 Å². The summed E-state index contributed by atoms with van der Waals surface area (Å²) in [6.07, 6.45) is 9.77. The topological polar surface area (TPSA) is 32.3 Å². The second-order valence-corrected chi connectivity index (χ2v) is 7.61. The average Bonchev–Trinajstić information content (AvgIpc) is 2.54. The Labute approximate surface area is 126 Å². The van der Waals surface area contributed by atoms with Gasteiger partial charge in [-0.05, 0) is 55.2 Å². The van der Waals surface area contributed by atoms with Crippen molar-refractivity contribution in [3.8, 4) is 0 Å². The van der Waals surface area contributed by atoms with Gasteiger partial charge in [-0.25, -0.2) is 0 Å². The van der Waals surface area contributed by atoms with Gasteiger partial charge in [-0.2, -0.15) is 0 Å². The smallest absolute Gasteiger partial charge is 0.0465 e. The zero-order valence-corrected chi connectivity index (χ0v) is 12.4. The number of benzene rings is 1. The highest BCUT2D eigenvalue weighted by atomic mass is 16.3. The molecule has 1 saturated carbocycles. The van der Waals surface area contributed by atoms with Crippen LogP contribution >= 0.6 is 0 Å². The van der Waals surface area contributed by atoms with Crippen molar-refractivity contribution in [2.45, 2.75) is 37.1 Å². The van der Waals surface area contributed by atoms with Gasteiger partial charge in [-0.1, -0.05) is 36.4 Å². The van der Waals surface area contributed by atoms with Crippen LogP contribution < -0.4 is 5.32 Å². The Morgan fingerprint density at radius 2 is 2.14 bits per heavy atom. The fraction of sp³-hybridized carbons (Fsp3) is 0.579. The summed E-state index contributed by atoms with van der Waals surface area (Å²) in [5, 5.41) is 13.6. The number of fused-ring (bicyclic) bond motifs is 2. The van der Waals surface area contributed by atoms with E-state index in [0.717, 1.165) is 19.4 Å². The zero-order chi connectivity index (χ0) is 14.1. The van der Waals surface area contributed by atoms with Crippen molar-refractivity contribution < 1.29 is 5.11 Å². The second-order valence-electron chi connectivity index (χ2n) is 7.61. The van der Waals surface area contributed by atoms with Crippen molar-refractivity contribution in [3.63, 3.8) is 0 Å². The van der Waals surface area contributed by atoms with E-state index in [1.807, 2.05) is 0 Å². The van der Waals surface area contributed by atoms with Crippen LogP contribution in [0.1, 0.15) is 30.4 Å². The molecule has 0 aromatic heterocycles. The molecule has 2 unspecified atom stereocenters. The SMILES string of the molecule is OCC1C[C@@]23C=CC1C[C@@]21CCN[C@@H]3Cc2ccccc21. The highest BCUT2D eigenvalue weighted by molar-refractivity contribution is 5.48. The van der Waals surface area contributed by atoms with Crippen LogP contribution in [0.4, 0.5) is 0 Å². The number of hydrogen-bond acceptors (Lipinski definition) is 2.